The molecule has 0 unspecified atom stereocenters. The van der Waals surface area contributed by atoms with Crippen molar-refractivity contribution in [2.45, 2.75) is 11.1 Å². The number of anilines is 2. The van der Waals surface area contributed by atoms with Gasteiger partial charge in [0, 0.05) is 17.4 Å². The van der Waals surface area contributed by atoms with Crippen LogP contribution in [0.25, 0.3) is 0 Å². The number of rotatable bonds is 5. The number of hydrogen-bond acceptors (Lipinski definition) is 6. The van der Waals surface area contributed by atoms with Crippen LogP contribution in [0.15, 0.2) is 77.8 Å². The average molecular weight is 381 g/mol. The summed E-state index contributed by atoms with van der Waals surface area (Å²) in [6.07, 6.45) is 0.897. The number of carbonyl (C=O) groups is 1. The van der Waals surface area contributed by atoms with Gasteiger partial charge in [0.25, 0.3) is 10.0 Å². The number of pyridine rings is 1. The number of benzene rings is 2. The van der Waals surface area contributed by atoms with Crippen molar-refractivity contribution in [1.82, 2.24) is 4.98 Å². The van der Waals surface area contributed by atoms with Crippen molar-refractivity contribution in [2.75, 3.05) is 10.0 Å². The molecule has 0 bridgehead atoms. The first-order valence-corrected chi connectivity index (χ1v) is 9.62. The Morgan fingerprint density at radius 1 is 0.926 bits per heavy atom. The number of ether oxygens (including phenoxy) is 1. The third kappa shape index (κ3) is 3.47. The number of nitrogens with zero attached hydrogens (tertiary/aromatic N) is 1. The number of aromatic nitrogens is 1. The van der Waals surface area contributed by atoms with Gasteiger partial charge in [0.2, 0.25) is 6.23 Å². The van der Waals surface area contributed by atoms with Crippen molar-refractivity contribution in [3.63, 3.8) is 0 Å². The number of carbonyl (C=O) groups excluding carboxylic acids is 1. The number of nitrogens with one attached hydrogen (secondary N) is 2. The zero-order valence-corrected chi connectivity index (χ0v) is 14.8. The molecule has 4 rings (SSSR count). The molecule has 0 amide bonds. The quantitative estimate of drug-likeness (QED) is 0.659. The Labute approximate surface area is 156 Å². The van der Waals surface area contributed by atoms with E-state index >= 15 is 0 Å². The van der Waals surface area contributed by atoms with Crippen LogP contribution in [0.5, 0.6) is 0 Å². The third-order valence-corrected chi connectivity index (χ3v) is 5.42. The van der Waals surface area contributed by atoms with Crippen LogP contribution in [0.3, 0.4) is 0 Å². The Morgan fingerprint density at radius 2 is 1.67 bits per heavy atom. The molecule has 0 fully saturated rings. The zero-order chi connectivity index (χ0) is 18.9. The molecule has 1 aromatic heterocycles. The van der Waals surface area contributed by atoms with Crippen LogP contribution in [0.4, 0.5) is 11.5 Å². The Bertz CT molecular complexity index is 1080. The molecule has 2 heterocycles. The molecule has 0 aliphatic carbocycles. The van der Waals surface area contributed by atoms with Crippen LogP contribution in [0, 0.1) is 0 Å². The van der Waals surface area contributed by atoms with E-state index < -0.39 is 16.3 Å². The highest BCUT2D eigenvalue weighted by molar-refractivity contribution is 7.92. The minimum absolute atomic E-state index is 0.0996. The third-order valence-electron chi connectivity index (χ3n) is 4.05. The molecular formula is C19H15N3O4S. The number of sulfonamides is 1. The lowest BCUT2D eigenvalue weighted by atomic mass is 10.1. The van der Waals surface area contributed by atoms with Crippen LogP contribution in [-0.4, -0.2) is 19.4 Å². The number of esters is 1. The van der Waals surface area contributed by atoms with Crippen LogP contribution in [-0.2, 0) is 14.8 Å². The predicted molar refractivity (Wildman–Crippen MR) is 99.7 cm³/mol. The van der Waals surface area contributed by atoms with E-state index in [1.165, 1.54) is 18.3 Å². The molecule has 1 aliphatic rings. The summed E-state index contributed by atoms with van der Waals surface area (Å²) in [5.74, 6) is -0.143. The summed E-state index contributed by atoms with van der Waals surface area (Å²) >= 11 is 0. The van der Waals surface area contributed by atoms with E-state index in [4.69, 9.17) is 4.74 Å². The molecule has 2 aromatic carbocycles. The Kier molecular flexibility index (Phi) is 4.25. The van der Waals surface area contributed by atoms with Gasteiger partial charge >= 0.3 is 5.97 Å². The van der Waals surface area contributed by atoms with E-state index in [1.807, 2.05) is 12.1 Å². The Hall–Kier alpha value is -3.39. The summed E-state index contributed by atoms with van der Waals surface area (Å²) in [5, 5.41) is 3.09. The molecule has 2 N–H and O–H groups in total. The molecule has 0 saturated heterocycles. The summed E-state index contributed by atoms with van der Waals surface area (Å²) in [6.45, 7) is 0. The topological polar surface area (TPSA) is 97.4 Å². The summed E-state index contributed by atoms with van der Waals surface area (Å²) in [4.78, 5) is 15.9. The summed E-state index contributed by atoms with van der Waals surface area (Å²) in [5.41, 5.74) is 1.89. The van der Waals surface area contributed by atoms with Crippen molar-refractivity contribution in [1.29, 1.82) is 0 Å². The van der Waals surface area contributed by atoms with Gasteiger partial charge in [-0.2, -0.15) is 0 Å². The second-order valence-electron chi connectivity index (χ2n) is 5.86. The molecule has 3 aromatic rings. The second kappa shape index (κ2) is 6.73. The Balaban J connectivity index is 1.51. The van der Waals surface area contributed by atoms with Gasteiger partial charge in [-0.05, 0) is 42.5 Å². The van der Waals surface area contributed by atoms with E-state index in [2.05, 4.69) is 15.0 Å². The molecule has 8 heteroatoms. The van der Waals surface area contributed by atoms with Crippen LogP contribution >= 0.6 is 0 Å². The van der Waals surface area contributed by atoms with Gasteiger partial charge in [-0.15, -0.1) is 0 Å². The van der Waals surface area contributed by atoms with Crippen molar-refractivity contribution >= 4 is 27.5 Å². The number of hydrogen-bond donors (Lipinski definition) is 2. The van der Waals surface area contributed by atoms with E-state index in [0.29, 0.717) is 11.3 Å². The molecule has 1 aliphatic heterocycles. The van der Waals surface area contributed by atoms with Gasteiger partial charge in [0.05, 0.1) is 10.5 Å². The summed E-state index contributed by atoms with van der Waals surface area (Å²) in [7, 11) is -3.74. The average Bonchev–Trinajstić information content (AvgIpc) is 2.99. The molecule has 0 spiro atoms. The maximum absolute atomic E-state index is 12.4. The number of cyclic esters (lactones) is 1. The fraction of sp³-hybridized carbons (Fsp3) is 0.0526. The molecule has 1 atom stereocenters. The van der Waals surface area contributed by atoms with Gasteiger partial charge in [0.15, 0.2) is 0 Å². The maximum atomic E-state index is 12.4. The highest BCUT2D eigenvalue weighted by Crippen LogP contribution is 2.31. The van der Waals surface area contributed by atoms with Gasteiger partial charge < -0.3 is 10.1 Å². The van der Waals surface area contributed by atoms with Gasteiger partial charge in [-0.3, -0.25) is 4.72 Å². The number of fused-ring (bicyclic) bond motifs is 1. The van der Waals surface area contributed by atoms with E-state index in [9.17, 15) is 13.2 Å². The van der Waals surface area contributed by atoms with E-state index in [1.54, 1.807) is 42.5 Å². The first kappa shape index (κ1) is 17.0. The molecule has 0 saturated carbocycles. The van der Waals surface area contributed by atoms with Crippen molar-refractivity contribution in [3.05, 3.63) is 84.1 Å². The highest BCUT2D eigenvalue weighted by Gasteiger charge is 2.30. The molecule has 136 valence electrons. The molecule has 7 nitrogen and oxygen atoms in total. The monoisotopic (exact) mass is 381 g/mol. The molecular weight excluding hydrogens is 366 g/mol. The van der Waals surface area contributed by atoms with Crippen molar-refractivity contribution in [3.8, 4) is 0 Å². The van der Waals surface area contributed by atoms with Crippen molar-refractivity contribution < 1.29 is 17.9 Å². The highest BCUT2D eigenvalue weighted by atomic mass is 32.2. The smallest absolute Gasteiger partial charge is 0.340 e. The van der Waals surface area contributed by atoms with Gasteiger partial charge in [-0.1, -0.05) is 24.3 Å². The largest absolute Gasteiger partial charge is 0.434 e. The normalized spacial score (nSPS) is 15.7. The van der Waals surface area contributed by atoms with Gasteiger partial charge in [-0.25, -0.2) is 18.2 Å². The van der Waals surface area contributed by atoms with Crippen LogP contribution in [0.1, 0.15) is 22.1 Å². The SMILES string of the molecule is O=C1O[C@@H](Nc2ccc(S(=O)(=O)Nc3ccccn3)cc2)c2ccccc21. The summed E-state index contributed by atoms with van der Waals surface area (Å²) in [6, 6.07) is 18.2. The first-order chi connectivity index (χ1) is 13.0. The lowest BCUT2D eigenvalue weighted by Crippen LogP contribution is -2.14. The van der Waals surface area contributed by atoms with E-state index in [-0.39, 0.29) is 16.7 Å². The molecule has 27 heavy (non-hydrogen) atoms. The van der Waals surface area contributed by atoms with Crippen LogP contribution < -0.4 is 10.0 Å². The predicted octanol–water partition coefficient (Wildman–Crippen LogP) is 3.16. The Morgan fingerprint density at radius 3 is 2.41 bits per heavy atom. The van der Waals surface area contributed by atoms with Crippen LogP contribution in [0.2, 0.25) is 0 Å². The summed E-state index contributed by atoms with van der Waals surface area (Å²) < 4.78 is 32.6. The maximum Gasteiger partial charge on any atom is 0.340 e. The van der Waals surface area contributed by atoms with Crippen molar-refractivity contribution in [2.24, 2.45) is 0 Å². The second-order valence-corrected chi connectivity index (χ2v) is 7.54. The standard InChI is InChI=1S/C19H15N3O4S/c23-19-16-6-2-1-5-15(16)18(26-19)21-13-8-10-14(11-9-13)27(24,25)22-17-7-3-4-12-20-17/h1-12,18,21H,(H,20,22)/t18-/m1/s1. The first-order valence-electron chi connectivity index (χ1n) is 8.13. The minimum atomic E-state index is -3.74. The van der Waals surface area contributed by atoms with E-state index in [0.717, 1.165) is 5.56 Å². The molecule has 0 radical (unpaired) electrons. The fourth-order valence-electron chi connectivity index (χ4n) is 2.75. The lowest BCUT2D eigenvalue weighted by Gasteiger charge is -2.15. The fourth-order valence-corrected chi connectivity index (χ4v) is 3.76. The minimum Gasteiger partial charge on any atom is -0.434 e. The lowest BCUT2D eigenvalue weighted by molar-refractivity contribution is 0.0437. The zero-order valence-electron chi connectivity index (χ0n) is 14.0. The van der Waals surface area contributed by atoms with Gasteiger partial charge in [0.1, 0.15) is 5.82 Å².